The van der Waals surface area contributed by atoms with Gasteiger partial charge in [0.1, 0.15) is 13.1 Å². The van der Waals surface area contributed by atoms with Crippen molar-refractivity contribution < 1.29 is 18.8 Å². The van der Waals surface area contributed by atoms with Crippen molar-refractivity contribution in [1.29, 1.82) is 0 Å². The number of halogens is 1. The van der Waals surface area contributed by atoms with Crippen molar-refractivity contribution in [2.75, 3.05) is 39.4 Å². The molecule has 1 fully saturated rings. The molecule has 2 N–H and O–H groups in total. The van der Waals surface area contributed by atoms with Gasteiger partial charge >= 0.3 is 0 Å². The maximum atomic E-state index is 11.6. The van der Waals surface area contributed by atoms with E-state index in [9.17, 15) is 4.79 Å². The number of ether oxygens (including phenoxy) is 1. The van der Waals surface area contributed by atoms with Gasteiger partial charge < -0.3 is 19.4 Å². The standard InChI is InChI=1S/C11H15BrN2O3/c12-10-2-1-9(17-10)11(15)13-3-4-14-5-7-16-8-6-14/h1-2H,3-8H2,(H,13,15)/p+1. The van der Waals surface area contributed by atoms with Crippen LogP contribution in [0.1, 0.15) is 10.6 Å². The lowest BCUT2D eigenvalue weighted by Crippen LogP contribution is -3.14. The minimum atomic E-state index is -0.164. The van der Waals surface area contributed by atoms with Gasteiger partial charge in [-0.05, 0) is 28.1 Å². The smallest absolute Gasteiger partial charge is 0.287 e. The molecule has 1 aromatic heterocycles. The molecule has 94 valence electrons. The molecule has 2 rings (SSSR count). The zero-order chi connectivity index (χ0) is 12.1. The Morgan fingerprint density at radius 2 is 2.18 bits per heavy atom. The summed E-state index contributed by atoms with van der Waals surface area (Å²) in [5, 5.41) is 2.84. The number of furan rings is 1. The Morgan fingerprint density at radius 1 is 1.41 bits per heavy atom. The van der Waals surface area contributed by atoms with Crippen LogP contribution in [0.2, 0.25) is 0 Å². The first kappa shape index (κ1) is 12.6. The molecule has 0 bridgehead atoms. The first-order chi connectivity index (χ1) is 8.25. The maximum Gasteiger partial charge on any atom is 0.287 e. The van der Waals surface area contributed by atoms with E-state index in [1.807, 2.05) is 0 Å². The SMILES string of the molecule is O=C(NCC[NH+]1CCOCC1)c1ccc(Br)o1. The van der Waals surface area contributed by atoms with Crippen LogP contribution >= 0.6 is 15.9 Å². The maximum absolute atomic E-state index is 11.6. The molecule has 0 unspecified atom stereocenters. The molecule has 0 atom stereocenters. The Labute approximate surface area is 108 Å². The summed E-state index contributed by atoms with van der Waals surface area (Å²) in [6.45, 7) is 5.25. The molecule has 1 saturated heterocycles. The number of quaternary nitrogens is 1. The van der Waals surface area contributed by atoms with Crippen LogP contribution in [0.25, 0.3) is 0 Å². The van der Waals surface area contributed by atoms with Crippen LogP contribution in [0.15, 0.2) is 21.2 Å². The Morgan fingerprint density at radius 3 is 2.82 bits per heavy atom. The minimum Gasteiger partial charge on any atom is -0.444 e. The lowest BCUT2D eigenvalue weighted by atomic mass is 10.4. The van der Waals surface area contributed by atoms with Gasteiger partial charge in [0.2, 0.25) is 0 Å². The number of carbonyl (C=O) groups excluding carboxylic acids is 1. The van der Waals surface area contributed by atoms with E-state index in [0.717, 1.165) is 32.8 Å². The Kier molecular flexibility index (Phi) is 4.58. The fourth-order valence-electron chi connectivity index (χ4n) is 1.79. The normalized spacial score (nSPS) is 17.0. The van der Waals surface area contributed by atoms with Gasteiger partial charge in [0.25, 0.3) is 5.91 Å². The molecule has 0 radical (unpaired) electrons. The first-order valence-corrected chi connectivity index (χ1v) is 6.50. The van der Waals surface area contributed by atoms with Crippen LogP contribution in [0.5, 0.6) is 0 Å². The van der Waals surface area contributed by atoms with E-state index in [1.54, 1.807) is 12.1 Å². The number of morpholine rings is 1. The molecular weight excluding hydrogens is 288 g/mol. The fraction of sp³-hybridized carbons (Fsp3) is 0.545. The topological polar surface area (TPSA) is 55.9 Å². The van der Waals surface area contributed by atoms with Gasteiger partial charge in [-0.1, -0.05) is 0 Å². The number of hydrogen-bond acceptors (Lipinski definition) is 3. The highest BCUT2D eigenvalue weighted by Gasteiger charge is 2.14. The van der Waals surface area contributed by atoms with E-state index in [0.29, 0.717) is 17.0 Å². The molecule has 2 heterocycles. The van der Waals surface area contributed by atoms with E-state index >= 15 is 0 Å². The molecule has 17 heavy (non-hydrogen) atoms. The second-order valence-electron chi connectivity index (χ2n) is 3.97. The van der Waals surface area contributed by atoms with Crippen molar-refractivity contribution in [3.8, 4) is 0 Å². The Bertz CT molecular complexity index is 375. The highest BCUT2D eigenvalue weighted by Crippen LogP contribution is 2.13. The summed E-state index contributed by atoms with van der Waals surface area (Å²) in [7, 11) is 0. The molecule has 0 aromatic carbocycles. The molecular formula is C11H16BrN2O3+. The van der Waals surface area contributed by atoms with Crippen LogP contribution in [0.4, 0.5) is 0 Å². The summed E-state index contributed by atoms with van der Waals surface area (Å²) in [5.41, 5.74) is 0. The number of hydrogen-bond donors (Lipinski definition) is 2. The van der Waals surface area contributed by atoms with Crippen molar-refractivity contribution >= 4 is 21.8 Å². The van der Waals surface area contributed by atoms with Gasteiger partial charge in [-0.3, -0.25) is 4.79 Å². The lowest BCUT2D eigenvalue weighted by Gasteiger charge is -2.23. The molecule has 0 aliphatic carbocycles. The third-order valence-electron chi connectivity index (χ3n) is 2.76. The van der Waals surface area contributed by atoms with Gasteiger partial charge in [-0.15, -0.1) is 0 Å². The average Bonchev–Trinajstić information content (AvgIpc) is 2.77. The van der Waals surface area contributed by atoms with Crippen LogP contribution in [-0.2, 0) is 4.74 Å². The van der Waals surface area contributed by atoms with Crippen molar-refractivity contribution in [1.82, 2.24) is 5.32 Å². The summed E-state index contributed by atoms with van der Waals surface area (Å²) in [6, 6.07) is 3.36. The highest BCUT2D eigenvalue weighted by molar-refractivity contribution is 9.10. The minimum absolute atomic E-state index is 0.164. The summed E-state index contributed by atoms with van der Waals surface area (Å²) in [6.07, 6.45) is 0. The number of amides is 1. The van der Waals surface area contributed by atoms with Gasteiger partial charge in [-0.25, -0.2) is 0 Å². The third-order valence-corrected chi connectivity index (χ3v) is 3.19. The van der Waals surface area contributed by atoms with E-state index in [1.165, 1.54) is 4.90 Å². The quantitative estimate of drug-likeness (QED) is 0.802. The van der Waals surface area contributed by atoms with Crippen molar-refractivity contribution in [2.24, 2.45) is 0 Å². The van der Waals surface area contributed by atoms with Gasteiger partial charge in [0, 0.05) is 0 Å². The molecule has 6 heteroatoms. The van der Waals surface area contributed by atoms with Gasteiger partial charge in [0.15, 0.2) is 10.4 Å². The van der Waals surface area contributed by atoms with E-state index in [-0.39, 0.29) is 5.91 Å². The summed E-state index contributed by atoms with van der Waals surface area (Å²) >= 11 is 3.17. The second kappa shape index (κ2) is 6.18. The number of rotatable bonds is 4. The van der Waals surface area contributed by atoms with E-state index in [4.69, 9.17) is 9.15 Å². The fourth-order valence-corrected chi connectivity index (χ4v) is 2.09. The van der Waals surface area contributed by atoms with Gasteiger partial charge in [-0.2, -0.15) is 0 Å². The first-order valence-electron chi connectivity index (χ1n) is 5.70. The predicted molar refractivity (Wildman–Crippen MR) is 65.1 cm³/mol. The number of nitrogens with one attached hydrogen (secondary N) is 2. The molecule has 5 nitrogen and oxygen atoms in total. The zero-order valence-electron chi connectivity index (χ0n) is 9.50. The Balaban J connectivity index is 1.69. The Hall–Kier alpha value is -0.850. The van der Waals surface area contributed by atoms with Gasteiger partial charge in [0.05, 0.1) is 26.3 Å². The average molecular weight is 304 g/mol. The van der Waals surface area contributed by atoms with Crippen molar-refractivity contribution in [2.45, 2.75) is 0 Å². The highest BCUT2D eigenvalue weighted by atomic mass is 79.9. The van der Waals surface area contributed by atoms with Crippen molar-refractivity contribution in [3.63, 3.8) is 0 Å². The summed E-state index contributed by atoms with van der Waals surface area (Å²) in [5.74, 6) is 0.178. The monoisotopic (exact) mass is 303 g/mol. The van der Waals surface area contributed by atoms with Crippen molar-refractivity contribution in [3.05, 3.63) is 22.6 Å². The second-order valence-corrected chi connectivity index (χ2v) is 4.75. The summed E-state index contributed by atoms with van der Waals surface area (Å²) in [4.78, 5) is 13.1. The zero-order valence-corrected chi connectivity index (χ0v) is 11.1. The molecule has 1 aliphatic heterocycles. The van der Waals surface area contributed by atoms with Crippen LogP contribution in [0.3, 0.4) is 0 Å². The molecule has 1 aromatic rings. The molecule has 0 spiro atoms. The van der Waals surface area contributed by atoms with E-state index in [2.05, 4.69) is 21.2 Å². The predicted octanol–water partition coefficient (Wildman–Crippen LogP) is -0.313. The lowest BCUT2D eigenvalue weighted by molar-refractivity contribution is -0.906. The third kappa shape index (κ3) is 3.83. The largest absolute Gasteiger partial charge is 0.444 e. The van der Waals surface area contributed by atoms with Crippen LogP contribution in [0, 0.1) is 0 Å². The van der Waals surface area contributed by atoms with E-state index < -0.39 is 0 Å². The molecule has 1 amide bonds. The van der Waals surface area contributed by atoms with Crippen LogP contribution < -0.4 is 10.2 Å². The summed E-state index contributed by atoms with van der Waals surface area (Å²) < 4.78 is 11.0. The number of carbonyl (C=O) groups is 1. The molecule has 1 aliphatic rings. The molecule has 0 saturated carbocycles. The van der Waals surface area contributed by atoms with Crippen LogP contribution in [-0.4, -0.2) is 45.3 Å².